The maximum Gasteiger partial charge on any atom is 0.280 e. The molecule has 132 valence electrons. The predicted molar refractivity (Wildman–Crippen MR) is 104 cm³/mol. The third-order valence-corrected chi connectivity index (χ3v) is 4.45. The van der Waals surface area contributed by atoms with Crippen molar-refractivity contribution in [1.82, 2.24) is 9.78 Å². The maximum absolute atomic E-state index is 12.5. The number of aromatic hydroxyl groups is 1. The predicted octanol–water partition coefficient (Wildman–Crippen LogP) is 4.26. The molecule has 0 atom stereocenters. The Hall–Kier alpha value is -2.35. The molecule has 0 bridgehead atoms. The van der Waals surface area contributed by atoms with Crippen LogP contribution in [0.4, 0.5) is 5.69 Å². The highest BCUT2D eigenvalue weighted by Gasteiger charge is 2.18. The average molecular weight is 455 g/mol. The summed E-state index contributed by atoms with van der Waals surface area (Å²) >= 11 is 15.1. The zero-order valence-electron chi connectivity index (χ0n) is 12.9. The minimum atomic E-state index is -0.724. The van der Waals surface area contributed by atoms with Crippen LogP contribution in [-0.4, -0.2) is 20.8 Å². The molecule has 1 heterocycles. The van der Waals surface area contributed by atoms with Gasteiger partial charge in [0.1, 0.15) is 0 Å². The normalized spacial score (nSPS) is 10.6. The van der Waals surface area contributed by atoms with Gasteiger partial charge in [-0.1, -0.05) is 39.1 Å². The second kappa shape index (κ2) is 7.49. The summed E-state index contributed by atoms with van der Waals surface area (Å²) in [6.07, 6.45) is 0. The van der Waals surface area contributed by atoms with Crippen molar-refractivity contribution >= 4 is 50.7 Å². The van der Waals surface area contributed by atoms with Gasteiger partial charge in [0, 0.05) is 15.6 Å². The van der Waals surface area contributed by atoms with Crippen LogP contribution >= 0.6 is 39.1 Å². The minimum Gasteiger partial charge on any atom is -0.505 e. The van der Waals surface area contributed by atoms with E-state index in [0.717, 1.165) is 15.2 Å². The molecule has 2 aromatic carbocycles. The third-order valence-electron chi connectivity index (χ3n) is 3.38. The molecule has 0 spiro atoms. The molecule has 2 N–H and O–H groups in total. The summed E-state index contributed by atoms with van der Waals surface area (Å²) < 4.78 is 1.84. The molecular weight excluding hydrogens is 445 g/mol. The summed E-state index contributed by atoms with van der Waals surface area (Å²) in [6.45, 7) is 0. The van der Waals surface area contributed by atoms with Crippen molar-refractivity contribution in [2.45, 2.75) is 0 Å². The first-order chi connectivity index (χ1) is 12.3. The Morgan fingerprint density at radius 3 is 2.46 bits per heavy atom. The van der Waals surface area contributed by atoms with Gasteiger partial charge in [0.15, 0.2) is 11.4 Å². The topological polar surface area (TPSA) is 84.2 Å². The van der Waals surface area contributed by atoms with Crippen LogP contribution in [0, 0.1) is 0 Å². The van der Waals surface area contributed by atoms with Crippen molar-refractivity contribution in [2.24, 2.45) is 0 Å². The van der Waals surface area contributed by atoms with Crippen molar-refractivity contribution in [3.8, 4) is 11.4 Å². The summed E-state index contributed by atoms with van der Waals surface area (Å²) in [4.78, 5) is 24.6. The van der Waals surface area contributed by atoms with Gasteiger partial charge >= 0.3 is 0 Å². The smallest absolute Gasteiger partial charge is 0.280 e. The van der Waals surface area contributed by atoms with Crippen LogP contribution in [-0.2, 0) is 0 Å². The lowest BCUT2D eigenvalue weighted by Crippen LogP contribution is -2.25. The minimum absolute atomic E-state index is 0.228. The van der Waals surface area contributed by atoms with Crippen LogP contribution in [0.25, 0.3) is 5.69 Å². The number of halogens is 3. The number of hydrogen-bond donors (Lipinski definition) is 2. The van der Waals surface area contributed by atoms with E-state index < -0.39 is 17.2 Å². The number of amides is 1. The van der Waals surface area contributed by atoms with E-state index in [4.69, 9.17) is 23.2 Å². The van der Waals surface area contributed by atoms with E-state index >= 15 is 0 Å². The van der Waals surface area contributed by atoms with Crippen LogP contribution in [0.2, 0.25) is 10.0 Å². The van der Waals surface area contributed by atoms with Crippen molar-refractivity contribution in [3.05, 3.63) is 79.1 Å². The molecule has 0 aliphatic carbocycles. The second-order valence-electron chi connectivity index (χ2n) is 5.18. The standard InChI is InChI=1S/C17H10BrCl2N3O3/c18-9-1-4-11(5-2-9)23-15(25)8-14(24)16(22-23)17(26)21-13-6-3-10(19)7-12(13)20/h1-8,24H,(H,21,26). The SMILES string of the molecule is O=C(Nc1ccc(Cl)cc1Cl)c1nn(-c2ccc(Br)cc2)c(=O)cc1O. The quantitative estimate of drug-likeness (QED) is 0.619. The second-order valence-corrected chi connectivity index (χ2v) is 6.94. The molecule has 0 unspecified atom stereocenters. The number of benzene rings is 2. The van der Waals surface area contributed by atoms with Gasteiger partial charge in [-0.15, -0.1) is 0 Å². The third kappa shape index (κ3) is 3.90. The number of nitrogens with one attached hydrogen (secondary N) is 1. The van der Waals surface area contributed by atoms with E-state index in [0.29, 0.717) is 16.4 Å². The van der Waals surface area contributed by atoms with Crippen LogP contribution < -0.4 is 10.9 Å². The number of rotatable bonds is 3. The first-order valence-corrected chi connectivity index (χ1v) is 8.76. The van der Waals surface area contributed by atoms with Gasteiger partial charge in [0.05, 0.1) is 16.4 Å². The Morgan fingerprint density at radius 1 is 1.12 bits per heavy atom. The van der Waals surface area contributed by atoms with Crippen molar-refractivity contribution in [3.63, 3.8) is 0 Å². The highest BCUT2D eigenvalue weighted by Crippen LogP contribution is 2.26. The molecule has 9 heteroatoms. The molecule has 0 aliphatic rings. The first-order valence-electron chi connectivity index (χ1n) is 7.21. The van der Waals surface area contributed by atoms with Crippen LogP contribution in [0.3, 0.4) is 0 Å². The summed E-state index contributed by atoms with van der Waals surface area (Å²) in [5.41, 5.74) is -0.162. The fourth-order valence-corrected chi connectivity index (χ4v) is 2.87. The lowest BCUT2D eigenvalue weighted by Gasteiger charge is -2.10. The summed E-state index contributed by atoms with van der Waals surface area (Å²) in [5.74, 6) is -1.26. The van der Waals surface area contributed by atoms with E-state index in [-0.39, 0.29) is 10.7 Å². The molecule has 0 fully saturated rings. The average Bonchev–Trinajstić information content (AvgIpc) is 2.58. The van der Waals surface area contributed by atoms with E-state index in [1.54, 1.807) is 30.3 Å². The van der Waals surface area contributed by atoms with Crippen molar-refractivity contribution < 1.29 is 9.90 Å². The molecule has 0 aliphatic heterocycles. The molecule has 0 saturated carbocycles. The Morgan fingerprint density at radius 2 is 1.81 bits per heavy atom. The van der Waals surface area contributed by atoms with Gasteiger partial charge in [0.25, 0.3) is 11.5 Å². The van der Waals surface area contributed by atoms with Gasteiger partial charge in [-0.25, -0.2) is 0 Å². The molecular formula is C17H10BrCl2N3O3. The number of aromatic nitrogens is 2. The Balaban J connectivity index is 1.99. The lowest BCUT2D eigenvalue weighted by atomic mass is 10.2. The molecule has 0 saturated heterocycles. The fraction of sp³-hybridized carbons (Fsp3) is 0. The maximum atomic E-state index is 12.5. The number of carbonyl (C=O) groups is 1. The molecule has 3 rings (SSSR count). The zero-order valence-corrected chi connectivity index (χ0v) is 16.0. The number of hydrogen-bond acceptors (Lipinski definition) is 4. The lowest BCUT2D eigenvalue weighted by molar-refractivity contribution is 0.101. The molecule has 1 aromatic heterocycles. The summed E-state index contributed by atoms with van der Waals surface area (Å²) in [6, 6.07) is 12.2. The van der Waals surface area contributed by atoms with E-state index in [2.05, 4.69) is 26.3 Å². The van der Waals surface area contributed by atoms with E-state index in [1.807, 2.05) is 0 Å². The van der Waals surface area contributed by atoms with Crippen LogP contribution in [0.15, 0.2) is 57.8 Å². The van der Waals surface area contributed by atoms with Gasteiger partial charge in [-0.05, 0) is 42.5 Å². The summed E-state index contributed by atoms with van der Waals surface area (Å²) in [7, 11) is 0. The van der Waals surface area contributed by atoms with Gasteiger partial charge in [-0.2, -0.15) is 9.78 Å². The molecule has 3 aromatic rings. The highest BCUT2D eigenvalue weighted by molar-refractivity contribution is 9.10. The molecule has 6 nitrogen and oxygen atoms in total. The first kappa shape index (κ1) is 18.4. The molecule has 0 radical (unpaired) electrons. The number of nitrogens with zero attached hydrogens (tertiary/aromatic N) is 2. The Bertz CT molecular complexity index is 1050. The van der Waals surface area contributed by atoms with Gasteiger partial charge in [-0.3, -0.25) is 9.59 Å². The highest BCUT2D eigenvalue weighted by atomic mass is 79.9. The monoisotopic (exact) mass is 453 g/mol. The molecule has 1 amide bonds. The van der Waals surface area contributed by atoms with E-state index in [1.165, 1.54) is 12.1 Å². The Labute approximate surface area is 166 Å². The Kier molecular flexibility index (Phi) is 5.31. The van der Waals surface area contributed by atoms with Crippen molar-refractivity contribution in [1.29, 1.82) is 0 Å². The number of carbonyl (C=O) groups excluding carboxylic acids is 1. The van der Waals surface area contributed by atoms with Gasteiger partial charge < -0.3 is 10.4 Å². The largest absolute Gasteiger partial charge is 0.505 e. The molecule has 26 heavy (non-hydrogen) atoms. The van der Waals surface area contributed by atoms with Crippen molar-refractivity contribution in [2.75, 3.05) is 5.32 Å². The summed E-state index contributed by atoms with van der Waals surface area (Å²) in [5, 5.41) is 17.1. The van der Waals surface area contributed by atoms with Gasteiger partial charge in [0.2, 0.25) is 0 Å². The fourth-order valence-electron chi connectivity index (χ4n) is 2.15. The van der Waals surface area contributed by atoms with E-state index in [9.17, 15) is 14.7 Å². The number of anilines is 1. The van der Waals surface area contributed by atoms with Crippen LogP contribution in [0.5, 0.6) is 5.75 Å². The zero-order chi connectivity index (χ0) is 18.8. The van der Waals surface area contributed by atoms with Crippen LogP contribution in [0.1, 0.15) is 10.5 Å².